The van der Waals surface area contributed by atoms with E-state index in [0.717, 1.165) is 64.9 Å². The Morgan fingerprint density at radius 3 is 2.63 bits per heavy atom. The summed E-state index contributed by atoms with van der Waals surface area (Å²) < 4.78 is 5.40. The van der Waals surface area contributed by atoms with Crippen molar-refractivity contribution in [1.82, 2.24) is 15.5 Å². The van der Waals surface area contributed by atoms with E-state index in [1.54, 1.807) is 0 Å². The molecule has 1 aliphatic heterocycles. The third-order valence-corrected chi connectivity index (χ3v) is 4.82. The molecule has 0 bridgehead atoms. The molecule has 2 rings (SSSR count). The van der Waals surface area contributed by atoms with Crippen LogP contribution in [-0.2, 0) is 10.2 Å². The molecule has 0 radical (unpaired) electrons. The van der Waals surface area contributed by atoms with Gasteiger partial charge in [-0.2, -0.15) is 0 Å². The van der Waals surface area contributed by atoms with Crippen LogP contribution in [0.5, 0.6) is 0 Å². The summed E-state index contributed by atoms with van der Waals surface area (Å²) in [6.07, 6.45) is 1.12. The molecule has 6 heteroatoms. The number of nitrogens with one attached hydrogen (secondary N) is 2. The number of halogens is 1. The first-order chi connectivity index (χ1) is 12.5. The van der Waals surface area contributed by atoms with Gasteiger partial charge >= 0.3 is 0 Å². The van der Waals surface area contributed by atoms with Gasteiger partial charge in [0.2, 0.25) is 0 Å². The highest BCUT2D eigenvalue weighted by atomic mass is 127. The predicted molar refractivity (Wildman–Crippen MR) is 125 cm³/mol. The number of aryl methyl sites for hydroxylation is 1. The van der Waals surface area contributed by atoms with E-state index in [4.69, 9.17) is 9.73 Å². The van der Waals surface area contributed by atoms with Crippen LogP contribution in [-0.4, -0.2) is 63.3 Å². The minimum atomic E-state index is 0. The first-order valence-electron chi connectivity index (χ1n) is 9.91. The van der Waals surface area contributed by atoms with E-state index in [-0.39, 0.29) is 29.4 Å². The highest BCUT2D eigenvalue weighted by Crippen LogP contribution is 2.24. The van der Waals surface area contributed by atoms with Crippen molar-refractivity contribution in [3.8, 4) is 0 Å². The smallest absolute Gasteiger partial charge is 0.191 e. The van der Waals surface area contributed by atoms with E-state index in [2.05, 4.69) is 67.5 Å². The van der Waals surface area contributed by atoms with Crippen LogP contribution in [0, 0.1) is 6.92 Å². The van der Waals surface area contributed by atoms with Gasteiger partial charge < -0.3 is 15.4 Å². The Morgan fingerprint density at radius 1 is 1.22 bits per heavy atom. The number of guanidine groups is 1. The topological polar surface area (TPSA) is 48.9 Å². The molecule has 1 aliphatic rings. The fourth-order valence-corrected chi connectivity index (χ4v) is 3.11. The van der Waals surface area contributed by atoms with Crippen molar-refractivity contribution in [2.75, 3.05) is 52.5 Å². The van der Waals surface area contributed by atoms with Crippen LogP contribution in [0.4, 0.5) is 0 Å². The van der Waals surface area contributed by atoms with Gasteiger partial charge in [-0.3, -0.25) is 9.89 Å². The van der Waals surface area contributed by atoms with Crippen molar-refractivity contribution >= 4 is 29.9 Å². The largest absolute Gasteiger partial charge is 0.379 e. The standard InChI is InChI=1S/C21H36N4O.HI/c1-5-22-20(23-10-7-11-25-12-14-26-15-13-25)24-17-21(3,4)19-9-6-8-18(2)16-19;/h6,8-9,16H,5,7,10-15,17H2,1-4H3,(H2,22,23,24);1H. The van der Waals surface area contributed by atoms with E-state index in [0.29, 0.717) is 0 Å². The minimum absolute atomic E-state index is 0. The fourth-order valence-electron chi connectivity index (χ4n) is 3.11. The Kier molecular flexibility index (Phi) is 11.3. The molecule has 5 nitrogen and oxygen atoms in total. The second-order valence-corrected chi connectivity index (χ2v) is 7.68. The van der Waals surface area contributed by atoms with Gasteiger partial charge in [-0.1, -0.05) is 43.7 Å². The number of nitrogens with zero attached hydrogens (tertiary/aromatic N) is 2. The summed E-state index contributed by atoms with van der Waals surface area (Å²) in [6.45, 7) is 16.3. The maximum atomic E-state index is 5.40. The van der Waals surface area contributed by atoms with Gasteiger partial charge in [-0.15, -0.1) is 24.0 Å². The fraction of sp³-hybridized carbons (Fsp3) is 0.667. The van der Waals surface area contributed by atoms with E-state index in [1.165, 1.54) is 11.1 Å². The van der Waals surface area contributed by atoms with Crippen molar-refractivity contribution in [2.24, 2.45) is 4.99 Å². The Morgan fingerprint density at radius 2 is 1.96 bits per heavy atom. The van der Waals surface area contributed by atoms with Gasteiger partial charge in [0.25, 0.3) is 0 Å². The summed E-state index contributed by atoms with van der Waals surface area (Å²) in [6, 6.07) is 8.73. The molecule has 2 N–H and O–H groups in total. The Hall–Kier alpha value is -0.860. The molecule has 0 unspecified atom stereocenters. The van der Waals surface area contributed by atoms with E-state index in [1.807, 2.05) is 0 Å². The van der Waals surface area contributed by atoms with Crippen molar-refractivity contribution in [2.45, 2.75) is 39.5 Å². The molecule has 27 heavy (non-hydrogen) atoms. The zero-order valence-corrected chi connectivity index (χ0v) is 19.7. The Balaban J connectivity index is 0.00000364. The minimum Gasteiger partial charge on any atom is -0.379 e. The van der Waals surface area contributed by atoms with Crippen molar-refractivity contribution in [1.29, 1.82) is 0 Å². The molecular weight excluding hydrogens is 451 g/mol. The molecule has 0 saturated carbocycles. The molecule has 1 fully saturated rings. The number of morpholine rings is 1. The molecule has 1 saturated heterocycles. The monoisotopic (exact) mass is 488 g/mol. The summed E-state index contributed by atoms with van der Waals surface area (Å²) in [4.78, 5) is 7.30. The molecule has 0 aromatic heterocycles. The molecule has 0 aliphatic carbocycles. The summed E-state index contributed by atoms with van der Waals surface area (Å²) >= 11 is 0. The molecule has 0 amide bonds. The number of hydrogen-bond donors (Lipinski definition) is 2. The first-order valence-corrected chi connectivity index (χ1v) is 9.91. The summed E-state index contributed by atoms with van der Waals surface area (Å²) in [5.74, 6) is 0.912. The lowest BCUT2D eigenvalue weighted by molar-refractivity contribution is 0.0376. The molecule has 1 aromatic carbocycles. The van der Waals surface area contributed by atoms with Crippen LogP contribution in [0.1, 0.15) is 38.3 Å². The molecule has 0 spiro atoms. The Labute approximate surface area is 182 Å². The number of hydrogen-bond acceptors (Lipinski definition) is 3. The van der Waals surface area contributed by atoms with Crippen LogP contribution in [0.3, 0.4) is 0 Å². The number of ether oxygens (including phenoxy) is 1. The molecule has 0 atom stereocenters. The highest BCUT2D eigenvalue weighted by molar-refractivity contribution is 14.0. The van der Waals surface area contributed by atoms with Gasteiger partial charge in [0.15, 0.2) is 5.96 Å². The molecular formula is C21H37IN4O. The second-order valence-electron chi connectivity index (χ2n) is 7.68. The summed E-state index contributed by atoms with van der Waals surface area (Å²) in [7, 11) is 0. The average molecular weight is 488 g/mol. The van der Waals surface area contributed by atoms with Gasteiger partial charge in [-0.25, -0.2) is 0 Å². The van der Waals surface area contributed by atoms with E-state index < -0.39 is 0 Å². The van der Waals surface area contributed by atoms with E-state index >= 15 is 0 Å². The molecule has 154 valence electrons. The van der Waals surface area contributed by atoms with Crippen molar-refractivity contribution in [3.05, 3.63) is 35.4 Å². The lowest BCUT2D eigenvalue weighted by Crippen LogP contribution is -2.41. The predicted octanol–water partition coefficient (Wildman–Crippen LogP) is 3.17. The van der Waals surface area contributed by atoms with Crippen LogP contribution < -0.4 is 10.6 Å². The lowest BCUT2D eigenvalue weighted by Gasteiger charge is -2.26. The van der Waals surface area contributed by atoms with Crippen LogP contribution in [0.2, 0.25) is 0 Å². The maximum absolute atomic E-state index is 5.40. The van der Waals surface area contributed by atoms with E-state index in [9.17, 15) is 0 Å². The van der Waals surface area contributed by atoms with Gasteiger partial charge in [0.1, 0.15) is 0 Å². The van der Waals surface area contributed by atoms with Gasteiger partial charge in [0, 0.05) is 31.6 Å². The quantitative estimate of drug-likeness (QED) is 0.256. The molecule has 1 aromatic rings. The summed E-state index contributed by atoms with van der Waals surface area (Å²) in [5.41, 5.74) is 2.65. The SMILES string of the molecule is CCNC(=NCC(C)(C)c1cccc(C)c1)NCCCN1CCOCC1.I. The average Bonchev–Trinajstić information content (AvgIpc) is 2.64. The van der Waals surface area contributed by atoms with Crippen molar-refractivity contribution < 1.29 is 4.74 Å². The number of aliphatic imine (C=N–C) groups is 1. The number of benzene rings is 1. The van der Waals surface area contributed by atoms with Gasteiger partial charge in [-0.05, 0) is 32.4 Å². The first kappa shape index (κ1) is 24.2. The normalized spacial score (nSPS) is 15.9. The summed E-state index contributed by atoms with van der Waals surface area (Å²) in [5, 5.41) is 6.84. The zero-order valence-electron chi connectivity index (χ0n) is 17.4. The van der Waals surface area contributed by atoms with Gasteiger partial charge in [0.05, 0.1) is 19.8 Å². The van der Waals surface area contributed by atoms with Crippen LogP contribution in [0.15, 0.2) is 29.3 Å². The third-order valence-electron chi connectivity index (χ3n) is 4.82. The Bertz CT molecular complexity index is 571. The highest BCUT2D eigenvalue weighted by Gasteiger charge is 2.20. The third kappa shape index (κ3) is 8.79. The zero-order chi connectivity index (χ0) is 18.8. The van der Waals surface area contributed by atoms with Crippen molar-refractivity contribution in [3.63, 3.8) is 0 Å². The van der Waals surface area contributed by atoms with Crippen LogP contribution in [0.25, 0.3) is 0 Å². The van der Waals surface area contributed by atoms with Crippen LogP contribution >= 0.6 is 24.0 Å². The second kappa shape index (κ2) is 12.6. The molecule has 1 heterocycles. The number of rotatable bonds is 8. The lowest BCUT2D eigenvalue weighted by atomic mass is 9.84. The maximum Gasteiger partial charge on any atom is 0.191 e.